The molecule has 29 heavy (non-hydrogen) atoms. The second kappa shape index (κ2) is 8.45. The van der Waals surface area contributed by atoms with Crippen molar-refractivity contribution < 1.29 is 9.53 Å². The molecule has 1 aliphatic heterocycles. The molecule has 0 fully saturated rings. The lowest BCUT2D eigenvalue weighted by Gasteiger charge is -2.09. The Labute approximate surface area is 173 Å². The van der Waals surface area contributed by atoms with Gasteiger partial charge >= 0.3 is 0 Å². The van der Waals surface area contributed by atoms with E-state index in [2.05, 4.69) is 32.4 Å². The predicted molar refractivity (Wildman–Crippen MR) is 116 cm³/mol. The van der Waals surface area contributed by atoms with Crippen LogP contribution in [0.25, 0.3) is 11.3 Å². The third-order valence-corrected chi connectivity index (χ3v) is 5.65. The summed E-state index contributed by atoms with van der Waals surface area (Å²) in [6, 6.07) is 15.5. The maximum absolute atomic E-state index is 12.3. The lowest BCUT2D eigenvalue weighted by Crippen LogP contribution is -2.17. The number of anilines is 1. The summed E-state index contributed by atoms with van der Waals surface area (Å²) < 4.78 is 7.43. The van der Waals surface area contributed by atoms with Crippen LogP contribution < -0.4 is 14.9 Å². The van der Waals surface area contributed by atoms with Crippen LogP contribution in [-0.4, -0.2) is 23.3 Å². The van der Waals surface area contributed by atoms with Crippen molar-refractivity contribution in [1.29, 1.82) is 0 Å². The van der Waals surface area contributed by atoms with Gasteiger partial charge < -0.3 is 14.6 Å². The average molecular weight is 407 g/mol. The van der Waals surface area contributed by atoms with Gasteiger partial charge in [-0.15, -0.1) is 21.5 Å². The van der Waals surface area contributed by atoms with Crippen LogP contribution in [0.1, 0.15) is 25.3 Å². The fourth-order valence-electron chi connectivity index (χ4n) is 3.23. The van der Waals surface area contributed by atoms with E-state index in [9.17, 15) is 4.79 Å². The van der Waals surface area contributed by atoms with Gasteiger partial charge in [0.15, 0.2) is 5.71 Å². The predicted octanol–water partition coefficient (Wildman–Crippen LogP) is 4.28. The molecule has 0 spiro atoms. The summed E-state index contributed by atoms with van der Waals surface area (Å²) in [4.78, 5) is 13.1. The molecule has 6 nitrogen and oxygen atoms in total. The van der Waals surface area contributed by atoms with Gasteiger partial charge in [-0.05, 0) is 42.3 Å². The van der Waals surface area contributed by atoms with Gasteiger partial charge in [0.1, 0.15) is 5.75 Å². The third kappa shape index (κ3) is 3.86. The summed E-state index contributed by atoms with van der Waals surface area (Å²) in [5, 5.41) is 13.7. The van der Waals surface area contributed by atoms with Crippen molar-refractivity contribution in [2.75, 3.05) is 12.4 Å². The minimum absolute atomic E-state index is 0.220. The number of nitrogens with one attached hydrogen (secondary N) is 1. The van der Waals surface area contributed by atoms with Crippen LogP contribution in [0.2, 0.25) is 0 Å². The Morgan fingerprint density at radius 1 is 1.10 bits per heavy atom. The van der Waals surface area contributed by atoms with Crippen molar-refractivity contribution in [2.45, 2.75) is 26.3 Å². The van der Waals surface area contributed by atoms with Crippen LogP contribution in [0.4, 0.5) is 5.69 Å². The Bertz CT molecular complexity index is 1130. The molecular weight excluding hydrogens is 384 g/mol. The van der Waals surface area contributed by atoms with E-state index in [1.807, 2.05) is 48.5 Å². The molecule has 2 heterocycles. The van der Waals surface area contributed by atoms with Crippen LogP contribution in [0, 0.1) is 0 Å². The summed E-state index contributed by atoms with van der Waals surface area (Å²) >= 11 is 1.52. The number of para-hydroxylation sites is 1. The molecule has 0 bridgehead atoms. The molecule has 0 aliphatic carbocycles. The lowest BCUT2D eigenvalue weighted by atomic mass is 10.1. The number of amides is 1. The fourth-order valence-corrected chi connectivity index (χ4v) is 4.11. The highest BCUT2D eigenvalue weighted by Gasteiger charge is 2.25. The zero-order chi connectivity index (χ0) is 20.2. The topological polar surface area (TPSA) is 68.0 Å². The Hall–Kier alpha value is -3.19. The van der Waals surface area contributed by atoms with Crippen LogP contribution in [-0.2, 0) is 11.3 Å². The molecule has 7 heteroatoms. The molecule has 0 saturated heterocycles. The van der Waals surface area contributed by atoms with E-state index < -0.39 is 0 Å². The quantitative estimate of drug-likeness (QED) is 0.621. The molecule has 1 N–H and O–H groups in total. The summed E-state index contributed by atoms with van der Waals surface area (Å²) in [6.45, 7) is 3.00. The van der Waals surface area contributed by atoms with Crippen molar-refractivity contribution in [3.05, 3.63) is 64.3 Å². The summed E-state index contributed by atoms with van der Waals surface area (Å²) in [5.41, 5.74) is 4.09. The second-order valence-electron chi connectivity index (χ2n) is 6.69. The molecule has 1 aromatic heterocycles. The first-order chi connectivity index (χ1) is 14.2. The monoisotopic (exact) mass is 406 g/mol. The molecule has 2 aromatic carbocycles. The zero-order valence-electron chi connectivity index (χ0n) is 16.4. The Morgan fingerprint density at radius 2 is 1.90 bits per heavy atom. The maximum Gasteiger partial charge on any atom is 0.276 e. The molecule has 148 valence electrons. The van der Waals surface area contributed by atoms with E-state index in [1.165, 1.54) is 11.3 Å². The number of hydrogen-bond donors (Lipinski definition) is 1. The minimum Gasteiger partial charge on any atom is -0.497 e. The average Bonchev–Trinajstić information content (AvgIpc) is 3.30. The van der Waals surface area contributed by atoms with Gasteiger partial charge in [-0.1, -0.05) is 31.5 Å². The van der Waals surface area contributed by atoms with Crippen molar-refractivity contribution >= 4 is 28.6 Å². The number of benzene rings is 2. The number of rotatable bonds is 6. The summed E-state index contributed by atoms with van der Waals surface area (Å²) in [5.74, 6) is 0.605. The second-order valence-corrected chi connectivity index (χ2v) is 7.52. The first kappa shape index (κ1) is 19.1. The van der Waals surface area contributed by atoms with Crippen molar-refractivity contribution in [1.82, 2.24) is 4.57 Å². The molecule has 1 aliphatic rings. The first-order valence-corrected chi connectivity index (χ1v) is 10.4. The minimum atomic E-state index is -0.220. The Morgan fingerprint density at radius 3 is 2.66 bits per heavy atom. The van der Waals surface area contributed by atoms with Gasteiger partial charge in [-0.3, -0.25) is 4.79 Å². The molecular formula is C22H22N4O2S. The summed E-state index contributed by atoms with van der Waals surface area (Å²) in [7, 11) is 1.66. The molecule has 0 radical (unpaired) electrons. The number of carbonyl (C=O) groups excluding carboxylic acids is 1. The van der Waals surface area contributed by atoms with Gasteiger partial charge in [-0.25, -0.2) is 0 Å². The SMILES string of the molecule is CCCCn1c(-c2ccc(OC)cc2)cs/c1=N/N=C1\C(=O)Nc2ccccc21. The number of nitrogens with zero attached hydrogens (tertiary/aromatic N) is 3. The van der Waals surface area contributed by atoms with Crippen LogP contribution in [0.3, 0.4) is 0 Å². The zero-order valence-corrected chi connectivity index (χ0v) is 17.2. The van der Waals surface area contributed by atoms with E-state index >= 15 is 0 Å². The molecule has 0 atom stereocenters. The van der Waals surface area contributed by atoms with Crippen molar-refractivity contribution in [3.63, 3.8) is 0 Å². The highest BCUT2D eigenvalue weighted by Crippen LogP contribution is 2.24. The first-order valence-electron chi connectivity index (χ1n) is 9.56. The van der Waals surface area contributed by atoms with Gasteiger partial charge in [0.25, 0.3) is 5.91 Å². The standard InChI is InChI=1S/C22H22N4O2S/c1-3-4-13-26-19(15-9-11-16(28-2)12-10-15)14-29-22(26)25-24-20-17-7-5-6-8-18(17)23-21(20)27/h5-12,14H,3-4,13H2,1-2H3,(H,23,24,27)/b25-22+. The van der Waals surface area contributed by atoms with E-state index in [0.29, 0.717) is 5.71 Å². The number of carbonyl (C=O) groups is 1. The number of thiazole rings is 1. The number of hydrogen-bond acceptors (Lipinski definition) is 5. The van der Waals surface area contributed by atoms with E-state index in [1.54, 1.807) is 7.11 Å². The number of unbranched alkanes of at least 4 members (excludes halogenated alkanes) is 1. The van der Waals surface area contributed by atoms with Crippen LogP contribution in [0.5, 0.6) is 5.75 Å². The molecule has 0 saturated carbocycles. The Kier molecular flexibility index (Phi) is 5.57. The smallest absolute Gasteiger partial charge is 0.276 e. The molecule has 0 unspecified atom stereocenters. The maximum atomic E-state index is 12.3. The Balaban J connectivity index is 1.75. The van der Waals surface area contributed by atoms with Crippen LogP contribution in [0.15, 0.2) is 64.1 Å². The summed E-state index contributed by atoms with van der Waals surface area (Å²) in [6.07, 6.45) is 2.11. The molecule has 1 amide bonds. The van der Waals surface area contributed by atoms with Crippen LogP contribution >= 0.6 is 11.3 Å². The normalized spacial score (nSPS) is 14.9. The van der Waals surface area contributed by atoms with Gasteiger partial charge in [-0.2, -0.15) is 0 Å². The number of ether oxygens (including phenoxy) is 1. The lowest BCUT2D eigenvalue weighted by molar-refractivity contribution is -0.110. The van der Waals surface area contributed by atoms with E-state index in [0.717, 1.165) is 52.4 Å². The van der Waals surface area contributed by atoms with Crippen molar-refractivity contribution in [3.8, 4) is 17.0 Å². The third-order valence-electron chi connectivity index (χ3n) is 4.80. The van der Waals surface area contributed by atoms with E-state index in [4.69, 9.17) is 4.74 Å². The molecule has 3 aromatic rings. The van der Waals surface area contributed by atoms with E-state index in [-0.39, 0.29) is 5.91 Å². The number of aromatic nitrogens is 1. The van der Waals surface area contributed by atoms with Gasteiger partial charge in [0.05, 0.1) is 18.5 Å². The molecule has 4 rings (SSSR count). The highest BCUT2D eigenvalue weighted by atomic mass is 32.1. The van der Waals surface area contributed by atoms with Crippen molar-refractivity contribution in [2.24, 2.45) is 10.2 Å². The van der Waals surface area contributed by atoms with Gasteiger partial charge in [0.2, 0.25) is 4.80 Å². The largest absolute Gasteiger partial charge is 0.497 e. The number of fused-ring (bicyclic) bond motifs is 1. The fraction of sp³-hybridized carbons (Fsp3) is 0.227. The van der Waals surface area contributed by atoms with Gasteiger partial charge in [0, 0.05) is 17.5 Å². The number of methoxy groups -OCH3 is 1. The highest BCUT2D eigenvalue weighted by molar-refractivity contribution is 7.07.